The van der Waals surface area contributed by atoms with Crippen LogP contribution in [0.25, 0.3) is 0 Å². The molecule has 0 aliphatic rings. The van der Waals surface area contributed by atoms with Gasteiger partial charge in [0.1, 0.15) is 0 Å². The highest BCUT2D eigenvalue weighted by molar-refractivity contribution is 7.77. The summed E-state index contributed by atoms with van der Waals surface area (Å²) in [5, 5.41) is 5.07. The van der Waals surface area contributed by atoms with Gasteiger partial charge in [-0.2, -0.15) is 0 Å². The lowest BCUT2D eigenvalue weighted by atomic mass is 10.1. The summed E-state index contributed by atoms with van der Waals surface area (Å²) in [5.41, 5.74) is 9.14. The second kappa shape index (κ2) is 12.2. The number of hydrogen-bond acceptors (Lipinski definition) is 0. The fourth-order valence-corrected chi connectivity index (χ4v) is 7.22. The van der Waals surface area contributed by atoms with Crippen molar-refractivity contribution < 1.29 is 0 Å². The van der Waals surface area contributed by atoms with Crippen molar-refractivity contribution in [1.82, 2.24) is 0 Å². The third-order valence-corrected chi connectivity index (χ3v) is 9.50. The Balaban J connectivity index is 1.40. The largest absolute Gasteiger partial charge is 0.0622 e. The molecule has 170 valence electrons. The average molecular weight is 495 g/mol. The van der Waals surface area contributed by atoms with Gasteiger partial charge < -0.3 is 0 Å². The zero-order valence-electron chi connectivity index (χ0n) is 19.8. The highest BCUT2D eigenvalue weighted by Gasteiger charge is 2.11. The van der Waals surface area contributed by atoms with E-state index in [1.165, 1.54) is 21.2 Å². The van der Waals surface area contributed by atoms with Crippen molar-refractivity contribution in [3.8, 4) is 23.2 Å². The van der Waals surface area contributed by atoms with Gasteiger partial charge in [0, 0.05) is 27.0 Å². The van der Waals surface area contributed by atoms with Crippen molar-refractivity contribution >= 4 is 37.1 Å². The predicted octanol–water partition coefficient (Wildman–Crippen LogP) is 6.57. The third-order valence-electron chi connectivity index (χ3n) is 5.57. The molecule has 0 nitrogen and oxygen atoms in total. The van der Waals surface area contributed by atoms with Crippen molar-refractivity contribution in [2.75, 3.05) is 0 Å². The molecule has 2 heteroatoms. The van der Waals surface area contributed by atoms with Gasteiger partial charge in [0.2, 0.25) is 0 Å². The van der Waals surface area contributed by atoms with Crippen LogP contribution in [0.15, 0.2) is 146 Å². The van der Waals surface area contributed by atoms with E-state index in [1.807, 2.05) is 0 Å². The summed E-state index contributed by atoms with van der Waals surface area (Å²) in [6.07, 6.45) is 0. The minimum absolute atomic E-state index is 0.736. The van der Waals surface area contributed by atoms with Crippen molar-refractivity contribution in [2.45, 2.75) is 0 Å². The molecule has 0 N–H and O–H groups in total. The number of rotatable bonds is 4. The first kappa shape index (κ1) is 23.8. The van der Waals surface area contributed by atoms with E-state index in [9.17, 15) is 0 Å². The zero-order valence-corrected chi connectivity index (χ0v) is 21.5. The molecule has 0 saturated carbocycles. The lowest BCUT2D eigenvalue weighted by Gasteiger charge is -2.11. The van der Waals surface area contributed by atoms with Gasteiger partial charge in [-0.25, -0.2) is 0 Å². The van der Waals surface area contributed by atoms with Crippen LogP contribution in [-0.4, -0.2) is 0 Å². The molecular formula is C34H24P2. The van der Waals surface area contributed by atoms with E-state index in [0.29, 0.717) is 0 Å². The fraction of sp³-hybridized carbons (Fsp3) is 0. The molecule has 5 rings (SSSR count). The third kappa shape index (κ3) is 6.19. The van der Waals surface area contributed by atoms with E-state index in [0.717, 1.165) is 11.1 Å². The molecular weight excluding hydrogens is 470 g/mol. The van der Waals surface area contributed by atoms with Gasteiger partial charge in [0.25, 0.3) is 0 Å². The Morgan fingerprint density at radius 3 is 0.806 bits per heavy atom. The molecule has 0 atom stereocenters. The van der Waals surface area contributed by atoms with Crippen LogP contribution in [0.2, 0.25) is 0 Å². The lowest BCUT2D eigenvalue weighted by Crippen LogP contribution is -2.09. The first-order chi connectivity index (χ1) is 17.9. The van der Waals surface area contributed by atoms with Gasteiger partial charge in [-0.1, -0.05) is 144 Å². The van der Waals surface area contributed by atoms with Crippen molar-refractivity contribution in [3.05, 3.63) is 157 Å². The predicted molar refractivity (Wildman–Crippen MR) is 158 cm³/mol. The highest BCUT2D eigenvalue weighted by Crippen LogP contribution is 2.33. The number of hydrogen-bond donors (Lipinski definition) is 0. The highest BCUT2D eigenvalue weighted by atomic mass is 31.1. The van der Waals surface area contributed by atoms with Gasteiger partial charge in [-0.05, 0) is 45.5 Å². The molecule has 0 aliphatic carbocycles. The lowest BCUT2D eigenvalue weighted by molar-refractivity contribution is 1.60. The van der Waals surface area contributed by atoms with E-state index < -0.39 is 15.8 Å². The molecule has 0 fully saturated rings. The van der Waals surface area contributed by atoms with Gasteiger partial charge in [-0.15, -0.1) is 0 Å². The molecule has 0 aliphatic heterocycles. The molecule has 5 aromatic rings. The maximum absolute atomic E-state index is 3.56. The van der Waals surface area contributed by atoms with Crippen LogP contribution < -0.4 is 21.2 Å². The van der Waals surface area contributed by atoms with Gasteiger partial charge >= 0.3 is 0 Å². The smallest absolute Gasteiger partial charge is 0.0348 e. The quantitative estimate of drug-likeness (QED) is 0.196. The van der Waals surface area contributed by atoms with Crippen molar-refractivity contribution in [1.29, 1.82) is 0 Å². The fourth-order valence-electron chi connectivity index (χ4n) is 3.74. The Morgan fingerprint density at radius 2 is 0.556 bits per heavy atom. The van der Waals surface area contributed by atoms with E-state index >= 15 is 0 Å². The van der Waals surface area contributed by atoms with E-state index in [-0.39, 0.29) is 0 Å². The molecule has 0 heterocycles. The second-order valence-electron chi connectivity index (χ2n) is 8.06. The Bertz CT molecular complexity index is 1310. The monoisotopic (exact) mass is 494 g/mol. The van der Waals surface area contributed by atoms with Crippen LogP contribution in [0.3, 0.4) is 0 Å². The molecule has 0 bridgehead atoms. The SMILES string of the molecule is C(#CP(c1ccccc1)c1ccccc1)c1ccc(C#CP(c2ccccc2)c2ccccc2)cc1. The Hall–Kier alpha value is -3.92. The van der Waals surface area contributed by atoms with Crippen LogP contribution >= 0.6 is 15.8 Å². The van der Waals surface area contributed by atoms with Gasteiger partial charge in [-0.3, -0.25) is 0 Å². The Morgan fingerprint density at radius 1 is 0.306 bits per heavy atom. The van der Waals surface area contributed by atoms with Crippen LogP contribution in [0.4, 0.5) is 0 Å². The summed E-state index contributed by atoms with van der Waals surface area (Å²) in [7, 11) is -1.47. The topological polar surface area (TPSA) is 0 Å². The minimum Gasteiger partial charge on any atom is -0.0622 e. The van der Waals surface area contributed by atoms with Crippen molar-refractivity contribution in [3.63, 3.8) is 0 Å². The molecule has 36 heavy (non-hydrogen) atoms. The summed E-state index contributed by atoms with van der Waals surface area (Å²) < 4.78 is 0. The summed E-state index contributed by atoms with van der Waals surface area (Å²) in [6.45, 7) is 0. The summed E-state index contributed by atoms with van der Waals surface area (Å²) in [5.74, 6) is 6.84. The Kier molecular flexibility index (Phi) is 8.04. The summed E-state index contributed by atoms with van der Waals surface area (Å²) in [6, 6.07) is 50.6. The maximum Gasteiger partial charge on any atom is 0.0348 e. The zero-order chi connectivity index (χ0) is 24.4. The van der Waals surface area contributed by atoms with Crippen LogP contribution in [0.5, 0.6) is 0 Å². The molecule has 0 aromatic heterocycles. The second-order valence-corrected chi connectivity index (χ2v) is 11.9. The molecule has 0 saturated heterocycles. The van der Waals surface area contributed by atoms with Crippen LogP contribution in [0.1, 0.15) is 11.1 Å². The molecule has 0 unspecified atom stereocenters. The van der Waals surface area contributed by atoms with Gasteiger partial charge in [0.05, 0.1) is 0 Å². The average Bonchev–Trinajstić information content (AvgIpc) is 2.96. The van der Waals surface area contributed by atoms with Crippen molar-refractivity contribution in [2.24, 2.45) is 0 Å². The van der Waals surface area contributed by atoms with E-state index in [4.69, 9.17) is 0 Å². The normalized spacial score (nSPS) is 10.3. The summed E-state index contributed by atoms with van der Waals surface area (Å²) in [4.78, 5) is 0. The standard InChI is InChI=1S/C34H24P2/c1-5-13-31(14-6-1)35(32-15-7-2-8-16-32)27-25-29-21-23-30(24-22-29)26-28-36(33-17-9-3-10-18-33)34-19-11-4-12-20-34/h1-24H. The van der Waals surface area contributed by atoms with Gasteiger partial charge in [0.15, 0.2) is 0 Å². The van der Waals surface area contributed by atoms with E-state index in [1.54, 1.807) is 0 Å². The first-order valence-electron chi connectivity index (χ1n) is 11.8. The summed E-state index contributed by atoms with van der Waals surface area (Å²) >= 11 is 0. The minimum atomic E-state index is -0.736. The van der Waals surface area contributed by atoms with Crippen LogP contribution in [-0.2, 0) is 0 Å². The molecule has 5 aromatic carbocycles. The molecule has 0 amide bonds. The number of benzene rings is 5. The van der Waals surface area contributed by atoms with E-state index in [2.05, 4.69) is 169 Å². The maximum atomic E-state index is 3.56. The first-order valence-corrected chi connectivity index (χ1v) is 14.5. The molecule has 0 radical (unpaired) electrons. The molecule has 0 spiro atoms. The van der Waals surface area contributed by atoms with Crippen LogP contribution in [0, 0.1) is 23.2 Å². The Labute approximate surface area is 216 Å².